The quantitative estimate of drug-likeness (QED) is 0.570. The van der Waals surface area contributed by atoms with E-state index in [4.69, 9.17) is 9.72 Å². The number of benzene rings is 1. The predicted molar refractivity (Wildman–Crippen MR) is 116 cm³/mol. The van der Waals surface area contributed by atoms with Crippen molar-refractivity contribution < 1.29 is 14.6 Å². The van der Waals surface area contributed by atoms with E-state index in [0.29, 0.717) is 31.2 Å². The number of ether oxygens (including phenoxy) is 1. The van der Waals surface area contributed by atoms with Gasteiger partial charge in [0.05, 0.1) is 12.7 Å². The fraction of sp³-hybridized carbons (Fsp3) is 0.458. The van der Waals surface area contributed by atoms with E-state index in [2.05, 4.69) is 9.55 Å². The Hall–Kier alpha value is -2.73. The van der Waals surface area contributed by atoms with Gasteiger partial charge in [-0.2, -0.15) is 4.98 Å². The lowest BCUT2D eigenvalue weighted by Crippen LogP contribution is -2.25. The molecule has 30 heavy (non-hydrogen) atoms. The largest absolute Gasteiger partial charge is 0.481 e. The number of imidazole rings is 1. The highest BCUT2D eigenvalue weighted by atomic mass is 16.5. The first-order valence-corrected chi connectivity index (χ1v) is 10.7. The number of aliphatic hydroxyl groups is 1. The second-order valence-electron chi connectivity index (χ2n) is 8.39. The van der Waals surface area contributed by atoms with Crippen molar-refractivity contribution in [2.45, 2.75) is 63.5 Å². The third kappa shape index (κ3) is 4.24. The summed E-state index contributed by atoms with van der Waals surface area (Å²) >= 11 is 0. The highest BCUT2D eigenvalue weighted by Gasteiger charge is 2.27. The monoisotopic (exact) mass is 407 g/mol. The molecule has 1 aliphatic carbocycles. The van der Waals surface area contributed by atoms with Crippen LogP contribution in [-0.2, 0) is 16.8 Å². The summed E-state index contributed by atoms with van der Waals surface area (Å²) in [6.07, 6.45) is 5.46. The lowest BCUT2D eigenvalue weighted by atomic mass is 9.89. The van der Waals surface area contributed by atoms with Gasteiger partial charge in [-0.1, -0.05) is 30.3 Å². The molecule has 0 radical (unpaired) electrons. The maximum atomic E-state index is 12.5. The predicted octanol–water partition coefficient (Wildman–Crippen LogP) is 4.35. The van der Waals surface area contributed by atoms with Crippen LogP contribution in [0.5, 0.6) is 5.88 Å². The molecule has 0 bridgehead atoms. The zero-order chi connectivity index (χ0) is 21.1. The van der Waals surface area contributed by atoms with E-state index in [1.165, 1.54) is 6.42 Å². The Morgan fingerprint density at radius 2 is 1.97 bits per heavy atom. The number of aromatic nitrogens is 3. The molecule has 158 valence electrons. The van der Waals surface area contributed by atoms with Crippen LogP contribution in [0, 0.1) is 0 Å². The van der Waals surface area contributed by atoms with Crippen molar-refractivity contribution in [3.63, 3.8) is 0 Å². The van der Waals surface area contributed by atoms with Crippen molar-refractivity contribution in [1.29, 1.82) is 0 Å². The van der Waals surface area contributed by atoms with Crippen LogP contribution < -0.4 is 4.74 Å². The number of hydrogen-bond donors (Lipinski definition) is 1. The summed E-state index contributed by atoms with van der Waals surface area (Å²) in [5.74, 6) is 1.64. The van der Waals surface area contributed by atoms with Gasteiger partial charge in [0.1, 0.15) is 17.1 Å². The van der Waals surface area contributed by atoms with Crippen molar-refractivity contribution in [2.75, 3.05) is 7.11 Å². The second-order valence-corrected chi connectivity index (χ2v) is 8.39. The zero-order valence-corrected chi connectivity index (χ0v) is 17.7. The SMILES string of the molecule is COc1ccc2nc(CCCC(=O)C[C@](C)(O)c3ccccc3)n(C3CCC3)c2n1. The van der Waals surface area contributed by atoms with Crippen LogP contribution in [0.25, 0.3) is 11.2 Å². The van der Waals surface area contributed by atoms with E-state index < -0.39 is 5.60 Å². The number of Topliss-reactive ketones (excluding diaryl/α,β-unsaturated/α-hetero) is 1. The minimum atomic E-state index is -1.14. The number of fused-ring (bicyclic) bond motifs is 1. The number of nitrogens with zero attached hydrogens (tertiary/aromatic N) is 3. The van der Waals surface area contributed by atoms with Gasteiger partial charge in [-0.25, -0.2) is 4.98 Å². The fourth-order valence-electron chi connectivity index (χ4n) is 4.14. The van der Waals surface area contributed by atoms with Gasteiger partial charge in [0.15, 0.2) is 5.65 Å². The summed E-state index contributed by atoms with van der Waals surface area (Å²) in [5.41, 5.74) is 1.37. The number of methoxy groups -OCH3 is 1. The van der Waals surface area contributed by atoms with Crippen molar-refractivity contribution >= 4 is 16.9 Å². The number of pyridine rings is 1. The summed E-state index contributed by atoms with van der Waals surface area (Å²) in [4.78, 5) is 22.0. The van der Waals surface area contributed by atoms with Crippen molar-refractivity contribution in [1.82, 2.24) is 14.5 Å². The summed E-state index contributed by atoms with van der Waals surface area (Å²) in [6, 6.07) is 13.6. The molecular formula is C24H29N3O3. The zero-order valence-electron chi connectivity index (χ0n) is 17.7. The molecule has 6 heteroatoms. The highest BCUT2D eigenvalue weighted by molar-refractivity contribution is 5.79. The maximum absolute atomic E-state index is 12.5. The third-order valence-electron chi connectivity index (χ3n) is 6.03. The second kappa shape index (κ2) is 8.56. The van der Waals surface area contributed by atoms with Gasteiger partial charge in [0.25, 0.3) is 0 Å². The van der Waals surface area contributed by atoms with Crippen LogP contribution in [0.2, 0.25) is 0 Å². The first-order chi connectivity index (χ1) is 14.5. The molecule has 1 saturated carbocycles. The van der Waals surface area contributed by atoms with E-state index >= 15 is 0 Å². The molecule has 0 saturated heterocycles. The molecule has 1 N–H and O–H groups in total. The van der Waals surface area contributed by atoms with E-state index in [1.807, 2.05) is 42.5 Å². The number of carbonyl (C=O) groups is 1. The van der Waals surface area contributed by atoms with E-state index in [9.17, 15) is 9.90 Å². The Morgan fingerprint density at radius 3 is 2.63 bits per heavy atom. The molecule has 1 aromatic carbocycles. The van der Waals surface area contributed by atoms with Gasteiger partial charge in [-0.3, -0.25) is 4.79 Å². The van der Waals surface area contributed by atoms with Crippen LogP contribution in [0.15, 0.2) is 42.5 Å². The van der Waals surface area contributed by atoms with Crippen LogP contribution in [-0.4, -0.2) is 32.5 Å². The van der Waals surface area contributed by atoms with Crippen LogP contribution >= 0.6 is 0 Å². The Morgan fingerprint density at radius 1 is 1.20 bits per heavy atom. The molecular weight excluding hydrogens is 378 g/mol. The number of aryl methyl sites for hydroxylation is 1. The summed E-state index contributed by atoms with van der Waals surface area (Å²) in [7, 11) is 1.62. The van der Waals surface area contributed by atoms with E-state index in [-0.39, 0.29) is 12.2 Å². The van der Waals surface area contributed by atoms with Crippen LogP contribution in [0.4, 0.5) is 0 Å². The number of hydrogen-bond acceptors (Lipinski definition) is 5. The van der Waals surface area contributed by atoms with Crippen molar-refractivity contribution in [3.8, 4) is 5.88 Å². The van der Waals surface area contributed by atoms with Gasteiger partial charge in [-0.05, 0) is 44.2 Å². The number of ketones is 1. The molecule has 1 atom stereocenters. The molecule has 3 aromatic rings. The summed E-state index contributed by atoms with van der Waals surface area (Å²) in [6.45, 7) is 1.70. The van der Waals surface area contributed by atoms with Gasteiger partial charge >= 0.3 is 0 Å². The van der Waals surface area contributed by atoms with E-state index in [1.54, 1.807) is 14.0 Å². The maximum Gasteiger partial charge on any atom is 0.215 e. The molecule has 0 aliphatic heterocycles. The van der Waals surface area contributed by atoms with Gasteiger partial charge < -0.3 is 14.4 Å². The Balaban J connectivity index is 1.43. The van der Waals surface area contributed by atoms with Crippen molar-refractivity contribution in [3.05, 3.63) is 53.9 Å². The number of carbonyl (C=O) groups excluding carboxylic acids is 1. The average Bonchev–Trinajstić information content (AvgIpc) is 3.04. The van der Waals surface area contributed by atoms with Gasteiger partial charge in [-0.15, -0.1) is 0 Å². The molecule has 1 fully saturated rings. The highest BCUT2D eigenvalue weighted by Crippen LogP contribution is 2.36. The Bertz CT molecular complexity index is 1020. The first kappa shape index (κ1) is 20.5. The molecule has 0 spiro atoms. The average molecular weight is 408 g/mol. The minimum absolute atomic E-state index is 0.0648. The van der Waals surface area contributed by atoms with Crippen LogP contribution in [0.3, 0.4) is 0 Å². The summed E-state index contributed by atoms with van der Waals surface area (Å²) < 4.78 is 7.53. The van der Waals surface area contributed by atoms with Crippen LogP contribution in [0.1, 0.15) is 62.9 Å². The standard InChI is InChI=1S/C24H29N3O3/c1-24(29,17-8-4-3-5-9-17)16-19(28)12-7-13-21-25-20-14-15-22(30-2)26-23(20)27(21)18-10-6-11-18/h3-5,8-9,14-15,18,29H,6-7,10-13,16H2,1-2H3/t24-/m0/s1. The normalized spacial score (nSPS) is 16.2. The lowest BCUT2D eigenvalue weighted by Gasteiger charge is -2.28. The Labute approximate surface area is 176 Å². The third-order valence-corrected chi connectivity index (χ3v) is 6.03. The molecule has 1 aliphatic rings. The lowest BCUT2D eigenvalue weighted by molar-refractivity contribution is -0.123. The molecule has 0 unspecified atom stereocenters. The van der Waals surface area contributed by atoms with Gasteiger partial charge in [0.2, 0.25) is 5.88 Å². The first-order valence-electron chi connectivity index (χ1n) is 10.7. The minimum Gasteiger partial charge on any atom is -0.481 e. The summed E-state index contributed by atoms with van der Waals surface area (Å²) in [5, 5.41) is 10.7. The van der Waals surface area contributed by atoms with E-state index in [0.717, 1.165) is 35.4 Å². The molecule has 0 amide bonds. The number of rotatable bonds is 9. The molecule has 4 rings (SSSR count). The Kier molecular flexibility index (Phi) is 5.86. The fourth-order valence-corrected chi connectivity index (χ4v) is 4.14. The smallest absolute Gasteiger partial charge is 0.215 e. The van der Waals surface area contributed by atoms with Crippen molar-refractivity contribution in [2.24, 2.45) is 0 Å². The van der Waals surface area contributed by atoms with Gasteiger partial charge in [0, 0.05) is 31.4 Å². The topological polar surface area (TPSA) is 77.2 Å². The molecule has 6 nitrogen and oxygen atoms in total. The molecule has 2 aromatic heterocycles. The molecule has 2 heterocycles.